The van der Waals surface area contributed by atoms with E-state index in [9.17, 15) is 18.5 Å². The summed E-state index contributed by atoms with van der Waals surface area (Å²) in [5.41, 5.74) is 1.61. The second-order valence-electron chi connectivity index (χ2n) is 5.51. The van der Waals surface area contributed by atoms with Crippen LogP contribution in [0.5, 0.6) is 0 Å². The Balaban J connectivity index is 2.63. The van der Waals surface area contributed by atoms with Crippen LogP contribution in [0.2, 0.25) is 0 Å². The molecule has 6 nitrogen and oxygen atoms in total. The van der Waals surface area contributed by atoms with Crippen molar-refractivity contribution in [3.05, 3.63) is 76.4 Å². The summed E-state index contributed by atoms with van der Waals surface area (Å²) in [6.45, 7) is 7.22. The third kappa shape index (κ3) is 3.71. The highest BCUT2D eigenvalue weighted by Crippen LogP contribution is 2.30. The molecule has 132 valence electrons. The highest BCUT2D eigenvalue weighted by Gasteiger charge is 2.27. The molecule has 2 aromatic carbocycles. The summed E-state index contributed by atoms with van der Waals surface area (Å²) in [5.74, 6) is 0. The Labute approximate surface area is 147 Å². The minimum atomic E-state index is -3.96. The Morgan fingerprint density at radius 2 is 1.92 bits per heavy atom. The lowest BCUT2D eigenvalue weighted by Crippen LogP contribution is -2.32. The van der Waals surface area contributed by atoms with Gasteiger partial charge in [-0.3, -0.25) is 14.4 Å². The molecule has 0 aliphatic carbocycles. The molecule has 0 amide bonds. The molecule has 0 aromatic heterocycles. The molecule has 0 fully saturated rings. The Morgan fingerprint density at radius 3 is 2.52 bits per heavy atom. The van der Waals surface area contributed by atoms with E-state index in [-0.39, 0.29) is 17.1 Å². The lowest BCUT2D eigenvalue weighted by Gasteiger charge is -2.25. The molecule has 0 unspecified atom stereocenters. The first-order chi connectivity index (χ1) is 11.8. The molecule has 0 saturated heterocycles. The van der Waals surface area contributed by atoms with Crippen LogP contribution in [0.15, 0.2) is 60.0 Å². The Morgan fingerprint density at radius 1 is 1.24 bits per heavy atom. The van der Waals surface area contributed by atoms with Gasteiger partial charge in [0.25, 0.3) is 15.7 Å². The number of rotatable bonds is 7. The van der Waals surface area contributed by atoms with E-state index in [1.165, 1.54) is 22.5 Å². The average Bonchev–Trinajstić information content (AvgIpc) is 2.59. The normalized spacial score (nSPS) is 11.1. The number of anilines is 1. The van der Waals surface area contributed by atoms with Crippen LogP contribution in [-0.2, 0) is 16.4 Å². The van der Waals surface area contributed by atoms with Crippen LogP contribution in [0.4, 0.5) is 11.4 Å². The first-order valence-corrected chi connectivity index (χ1v) is 9.23. The maximum Gasteiger partial charge on any atom is 0.273 e. The fraction of sp³-hybridized carbons (Fsp3) is 0.222. The Kier molecular flexibility index (Phi) is 5.58. The van der Waals surface area contributed by atoms with Crippen molar-refractivity contribution in [1.29, 1.82) is 0 Å². The smallest absolute Gasteiger partial charge is 0.262 e. The summed E-state index contributed by atoms with van der Waals surface area (Å²) in [7, 11) is -3.96. The van der Waals surface area contributed by atoms with Crippen molar-refractivity contribution in [2.75, 3.05) is 10.8 Å². The van der Waals surface area contributed by atoms with Gasteiger partial charge in [-0.25, -0.2) is 8.42 Å². The van der Waals surface area contributed by atoms with Gasteiger partial charge in [-0.05, 0) is 31.0 Å². The highest BCUT2D eigenvalue weighted by molar-refractivity contribution is 7.92. The van der Waals surface area contributed by atoms with E-state index >= 15 is 0 Å². The lowest BCUT2D eigenvalue weighted by molar-refractivity contribution is -0.385. The molecule has 0 atom stereocenters. The van der Waals surface area contributed by atoms with Crippen molar-refractivity contribution < 1.29 is 13.3 Å². The van der Waals surface area contributed by atoms with Crippen molar-refractivity contribution in [3.8, 4) is 0 Å². The second-order valence-corrected chi connectivity index (χ2v) is 7.37. The van der Waals surface area contributed by atoms with Gasteiger partial charge < -0.3 is 0 Å². The molecular formula is C18H20N2O4S. The highest BCUT2D eigenvalue weighted by atomic mass is 32.2. The fourth-order valence-electron chi connectivity index (χ4n) is 2.57. The number of benzene rings is 2. The second kappa shape index (κ2) is 7.48. The molecule has 25 heavy (non-hydrogen) atoms. The summed E-state index contributed by atoms with van der Waals surface area (Å²) in [6.07, 6.45) is 2.15. The van der Waals surface area contributed by atoms with Crippen LogP contribution in [0.25, 0.3) is 0 Å². The van der Waals surface area contributed by atoms with Crippen molar-refractivity contribution >= 4 is 21.4 Å². The summed E-state index contributed by atoms with van der Waals surface area (Å²) in [5, 5.41) is 11.1. The van der Waals surface area contributed by atoms with Crippen LogP contribution < -0.4 is 4.31 Å². The molecule has 0 bridgehead atoms. The SMILES string of the molecule is C=CCN(c1ccccc1CC)S(=O)(=O)c1ccc(C)c([N+](=O)[O-])c1. The van der Waals surface area contributed by atoms with Crippen molar-refractivity contribution in [1.82, 2.24) is 0 Å². The number of para-hydroxylation sites is 1. The summed E-state index contributed by atoms with van der Waals surface area (Å²) >= 11 is 0. The Hall–Kier alpha value is -2.67. The zero-order valence-corrected chi connectivity index (χ0v) is 15.0. The quantitative estimate of drug-likeness (QED) is 0.427. The van der Waals surface area contributed by atoms with Gasteiger partial charge in [0.2, 0.25) is 0 Å². The van der Waals surface area contributed by atoms with Gasteiger partial charge in [-0.15, -0.1) is 6.58 Å². The number of sulfonamides is 1. The van der Waals surface area contributed by atoms with Gasteiger partial charge in [0.1, 0.15) is 0 Å². The van der Waals surface area contributed by atoms with E-state index in [0.717, 1.165) is 11.6 Å². The molecule has 2 rings (SSSR count). The minimum absolute atomic E-state index is 0.0705. The molecule has 0 heterocycles. The molecule has 7 heteroatoms. The van der Waals surface area contributed by atoms with E-state index in [0.29, 0.717) is 17.7 Å². The molecule has 2 aromatic rings. The predicted molar refractivity (Wildman–Crippen MR) is 98.4 cm³/mol. The van der Waals surface area contributed by atoms with Crippen molar-refractivity contribution in [2.45, 2.75) is 25.2 Å². The van der Waals surface area contributed by atoms with E-state index in [1.807, 2.05) is 19.1 Å². The molecule has 0 N–H and O–H groups in total. The van der Waals surface area contributed by atoms with Crippen LogP contribution in [0.3, 0.4) is 0 Å². The fourth-order valence-corrected chi connectivity index (χ4v) is 4.06. The summed E-state index contributed by atoms with van der Waals surface area (Å²) in [6, 6.07) is 11.1. The minimum Gasteiger partial charge on any atom is -0.262 e. The average molecular weight is 360 g/mol. The van der Waals surface area contributed by atoms with E-state index in [2.05, 4.69) is 6.58 Å². The largest absolute Gasteiger partial charge is 0.273 e. The molecule has 0 aliphatic rings. The number of nitro benzene ring substituents is 1. The van der Waals surface area contributed by atoms with Crippen molar-refractivity contribution in [2.24, 2.45) is 0 Å². The van der Waals surface area contributed by atoms with E-state index < -0.39 is 14.9 Å². The number of hydrogen-bond donors (Lipinski definition) is 0. The maximum atomic E-state index is 13.1. The summed E-state index contributed by atoms with van der Waals surface area (Å²) in [4.78, 5) is 10.5. The van der Waals surface area contributed by atoms with Crippen LogP contribution >= 0.6 is 0 Å². The molecular weight excluding hydrogens is 340 g/mol. The van der Waals surface area contributed by atoms with Crippen molar-refractivity contribution in [3.63, 3.8) is 0 Å². The zero-order valence-electron chi connectivity index (χ0n) is 14.2. The third-order valence-electron chi connectivity index (χ3n) is 3.90. The van der Waals surface area contributed by atoms with Gasteiger partial charge in [-0.2, -0.15) is 0 Å². The number of aryl methyl sites for hydroxylation is 2. The molecule has 0 saturated carbocycles. The lowest BCUT2D eigenvalue weighted by atomic mass is 10.1. The van der Waals surface area contributed by atoms with E-state index in [4.69, 9.17) is 0 Å². The Bertz CT molecular complexity index is 907. The van der Waals surface area contributed by atoms with Gasteiger partial charge in [0.05, 0.1) is 22.1 Å². The van der Waals surface area contributed by atoms with Crippen LogP contribution in [0.1, 0.15) is 18.1 Å². The van der Waals surface area contributed by atoms with Crippen LogP contribution in [0, 0.1) is 17.0 Å². The van der Waals surface area contributed by atoms with E-state index in [1.54, 1.807) is 19.1 Å². The van der Waals surface area contributed by atoms with Gasteiger partial charge >= 0.3 is 0 Å². The van der Waals surface area contributed by atoms with Gasteiger partial charge in [-0.1, -0.05) is 37.3 Å². The first-order valence-electron chi connectivity index (χ1n) is 7.79. The first kappa shape index (κ1) is 18.7. The summed E-state index contributed by atoms with van der Waals surface area (Å²) < 4.78 is 27.5. The topological polar surface area (TPSA) is 80.5 Å². The zero-order chi connectivity index (χ0) is 18.6. The monoisotopic (exact) mass is 360 g/mol. The van der Waals surface area contributed by atoms with Crippen LogP contribution in [-0.4, -0.2) is 19.9 Å². The molecule has 0 aliphatic heterocycles. The van der Waals surface area contributed by atoms with Gasteiger partial charge in [0, 0.05) is 11.6 Å². The van der Waals surface area contributed by atoms with Gasteiger partial charge in [0.15, 0.2) is 0 Å². The number of nitrogens with zero attached hydrogens (tertiary/aromatic N) is 2. The maximum absolute atomic E-state index is 13.1. The number of hydrogen-bond acceptors (Lipinski definition) is 4. The molecule has 0 spiro atoms. The molecule has 0 radical (unpaired) electrons. The standard InChI is InChI=1S/C18H20N2O4S/c1-4-12-19(17-9-7-6-8-15(17)5-2)25(23,24)16-11-10-14(3)18(13-16)20(21)22/h4,6-11,13H,1,5,12H2,2-3H3. The number of nitro groups is 1. The predicted octanol–water partition coefficient (Wildman–Crippen LogP) is 3.85. The third-order valence-corrected chi connectivity index (χ3v) is 5.68.